The van der Waals surface area contributed by atoms with E-state index in [0.29, 0.717) is 17.8 Å². The van der Waals surface area contributed by atoms with Crippen LogP contribution >= 0.6 is 0 Å². The second kappa shape index (κ2) is 7.90. The average molecular weight is 354 g/mol. The molecule has 1 aliphatic rings. The normalized spacial score (nSPS) is 14.9. The third-order valence-corrected chi connectivity index (χ3v) is 4.54. The molecule has 3 N–H and O–H groups in total. The molecule has 136 valence electrons. The summed E-state index contributed by atoms with van der Waals surface area (Å²) in [4.78, 5) is 30.3. The van der Waals surface area contributed by atoms with Crippen LogP contribution in [-0.2, 0) is 11.3 Å². The van der Waals surface area contributed by atoms with Gasteiger partial charge in [0.1, 0.15) is 5.82 Å². The number of piperidine rings is 1. The van der Waals surface area contributed by atoms with Crippen molar-refractivity contribution in [3.05, 3.63) is 47.4 Å². The van der Waals surface area contributed by atoms with E-state index in [1.807, 2.05) is 12.1 Å². The molecule has 1 aliphatic heterocycles. The second-order valence-corrected chi connectivity index (χ2v) is 6.42. The molecule has 8 nitrogen and oxygen atoms in total. The summed E-state index contributed by atoms with van der Waals surface area (Å²) in [7, 11) is 0. The number of pyridine rings is 1. The van der Waals surface area contributed by atoms with E-state index in [1.165, 1.54) is 6.20 Å². The molecule has 2 aromatic heterocycles. The highest BCUT2D eigenvalue weighted by Gasteiger charge is 2.25. The zero-order valence-electron chi connectivity index (χ0n) is 14.7. The van der Waals surface area contributed by atoms with Gasteiger partial charge in [0.2, 0.25) is 5.91 Å². The van der Waals surface area contributed by atoms with Crippen LogP contribution in [0.2, 0.25) is 0 Å². The lowest BCUT2D eigenvalue weighted by atomic mass is 9.96. The predicted molar refractivity (Wildman–Crippen MR) is 96.3 cm³/mol. The van der Waals surface area contributed by atoms with E-state index in [-0.39, 0.29) is 17.7 Å². The molecule has 0 unspecified atom stereocenters. The standard InChI is InChI=1S/C18H22N6O2/c1-12-9-15(11-22-23-12)18(26)21-10-14-3-2-6-20-17(14)24-7-4-13(5-8-24)16(19)25/h2-3,6,9,11,13H,4-5,7-8,10H2,1H3,(H2,19,25)(H,21,26). The molecule has 0 bridgehead atoms. The summed E-state index contributed by atoms with van der Waals surface area (Å²) in [5, 5.41) is 10.6. The van der Waals surface area contributed by atoms with Crippen LogP contribution in [-0.4, -0.2) is 40.1 Å². The molecule has 1 saturated heterocycles. The van der Waals surface area contributed by atoms with E-state index in [9.17, 15) is 9.59 Å². The van der Waals surface area contributed by atoms with E-state index in [4.69, 9.17) is 5.73 Å². The number of nitrogens with one attached hydrogen (secondary N) is 1. The summed E-state index contributed by atoms with van der Waals surface area (Å²) in [6.45, 7) is 3.59. The molecular formula is C18H22N6O2. The number of primary amides is 1. The molecule has 3 rings (SSSR count). The minimum absolute atomic E-state index is 0.0689. The van der Waals surface area contributed by atoms with Crippen LogP contribution in [0.4, 0.5) is 5.82 Å². The van der Waals surface area contributed by atoms with Crippen LogP contribution in [0.5, 0.6) is 0 Å². The molecule has 0 aliphatic carbocycles. The Morgan fingerprint density at radius 2 is 2.12 bits per heavy atom. The third-order valence-electron chi connectivity index (χ3n) is 4.54. The number of hydrogen-bond acceptors (Lipinski definition) is 6. The second-order valence-electron chi connectivity index (χ2n) is 6.42. The van der Waals surface area contributed by atoms with E-state index in [2.05, 4.69) is 25.4 Å². The van der Waals surface area contributed by atoms with Crippen LogP contribution in [0.15, 0.2) is 30.6 Å². The van der Waals surface area contributed by atoms with Crippen molar-refractivity contribution in [3.63, 3.8) is 0 Å². The molecule has 0 saturated carbocycles. The maximum absolute atomic E-state index is 12.3. The number of hydrogen-bond donors (Lipinski definition) is 2. The van der Waals surface area contributed by atoms with Crippen LogP contribution in [0.25, 0.3) is 0 Å². The molecule has 0 aromatic carbocycles. The van der Waals surface area contributed by atoms with Gasteiger partial charge in [0.15, 0.2) is 0 Å². The number of anilines is 1. The summed E-state index contributed by atoms with van der Waals surface area (Å²) >= 11 is 0. The minimum Gasteiger partial charge on any atom is -0.369 e. The molecule has 0 spiro atoms. The number of aryl methyl sites for hydroxylation is 1. The van der Waals surface area contributed by atoms with Gasteiger partial charge in [0, 0.05) is 37.3 Å². The largest absolute Gasteiger partial charge is 0.369 e. The Bertz CT molecular complexity index is 802. The molecule has 26 heavy (non-hydrogen) atoms. The van der Waals surface area contributed by atoms with Crippen molar-refractivity contribution in [1.29, 1.82) is 0 Å². The Balaban J connectivity index is 1.66. The average Bonchev–Trinajstić information content (AvgIpc) is 2.66. The molecule has 0 atom stereocenters. The number of nitrogens with zero attached hydrogens (tertiary/aromatic N) is 4. The van der Waals surface area contributed by atoms with Crippen LogP contribution in [0, 0.1) is 12.8 Å². The van der Waals surface area contributed by atoms with Crippen molar-refractivity contribution in [2.45, 2.75) is 26.3 Å². The minimum atomic E-state index is -0.237. The topological polar surface area (TPSA) is 114 Å². The first kappa shape index (κ1) is 17.8. The number of aromatic nitrogens is 3. The van der Waals surface area contributed by atoms with Gasteiger partial charge in [-0.05, 0) is 31.9 Å². The monoisotopic (exact) mass is 354 g/mol. The quantitative estimate of drug-likeness (QED) is 0.821. The number of carbonyl (C=O) groups is 2. The Labute approximate surface area is 151 Å². The van der Waals surface area contributed by atoms with Crippen molar-refractivity contribution in [1.82, 2.24) is 20.5 Å². The lowest BCUT2D eigenvalue weighted by Gasteiger charge is -2.32. The maximum atomic E-state index is 12.3. The lowest BCUT2D eigenvalue weighted by molar-refractivity contribution is -0.122. The Kier molecular flexibility index (Phi) is 5.40. The van der Waals surface area contributed by atoms with Gasteiger partial charge in [-0.25, -0.2) is 4.98 Å². The molecule has 1 fully saturated rings. The SMILES string of the molecule is Cc1cc(C(=O)NCc2cccnc2N2CCC(C(N)=O)CC2)cnn1. The van der Waals surface area contributed by atoms with Gasteiger partial charge in [0.25, 0.3) is 5.91 Å². The highest BCUT2D eigenvalue weighted by molar-refractivity contribution is 5.93. The summed E-state index contributed by atoms with van der Waals surface area (Å²) in [6, 6.07) is 5.49. The molecule has 2 amide bonds. The van der Waals surface area contributed by atoms with Crippen molar-refractivity contribution in [2.75, 3.05) is 18.0 Å². The summed E-state index contributed by atoms with van der Waals surface area (Å²) in [6.07, 6.45) is 4.62. The smallest absolute Gasteiger partial charge is 0.253 e. The van der Waals surface area contributed by atoms with Gasteiger partial charge in [-0.3, -0.25) is 9.59 Å². The lowest BCUT2D eigenvalue weighted by Crippen LogP contribution is -2.39. The molecular weight excluding hydrogens is 332 g/mol. The first-order valence-corrected chi connectivity index (χ1v) is 8.60. The zero-order chi connectivity index (χ0) is 18.5. The molecule has 8 heteroatoms. The van der Waals surface area contributed by atoms with Gasteiger partial charge >= 0.3 is 0 Å². The van der Waals surface area contributed by atoms with Gasteiger partial charge < -0.3 is 16.0 Å². The van der Waals surface area contributed by atoms with Gasteiger partial charge in [0.05, 0.1) is 17.5 Å². The molecule has 3 heterocycles. The predicted octanol–water partition coefficient (Wildman–Crippen LogP) is 0.812. The first-order valence-electron chi connectivity index (χ1n) is 8.60. The van der Waals surface area contributed by atoms with Crippen molar-refractivity contribution < 1.29 is 9.59 Å². The number of carbonyl (C=O) groups excluding carboxylic acids is 2. The summed E-state index contributed by atoms with van der Waals surface area (Å²) in [5.41, 5.74) is 7.49. The zero-order valence-corrected chi connectivity index (χ0v) is 14.7. The fraction of sp³-hybridized carbons (Fsp3) is 0.389. The van der Waals surface area contributed by atoms with Gasteiger partial charge in [-0.1, -0.05) is 6.07 Å². The first-order chi connectivity index (χ1) is 12.5. The number of amides is 2. The fourth-order valence-corrected chi connectivity index (χ4v) is 3.10. The summed E-state index contributed by atoms with van der Waals surface area (Å²) in [5.74, 6) is 0.324. The Hall–Kier alpha value is -3.03. The highest BCUT2D eigenvalue weighted by atomic mass is 16.2. The third kappa shape index (κ3) is 4.14. The highest BCUT2D eigenvalue weighted by Crippen LogP contribution is 2.24. The Morgan fingerprint density at radius 3 is 2.81 bits per heavy atom. The van der Waals surface area contributed by atoms with Crippen molar-refractivity contribution >= 4 is 17.6 Å². The number of rotatable bonds is 5. The van der Waals surface area contributed by atoms with Crippen LogP contribution in [0.1, 0.15) is 34.5 Å². The van der Waals surface area contributed by atoms with Gasteiger partial charge in [-0.2, -0.15) is 10.2 Å². The van der Waals surface area contributed by atoms with E-state index < -0.39 is 0 Å². The number of nitrogens with two attached hydrogens (primary N) is 1. The fourth-order valence-electron chi connectivity index (χ4n) is 3.10. The van der Waals surface area contributed by atoms with E-state index in [0.717, 1.165) is 37.3 Å². The van der Waals surface area contributed by atoms with Crippen molar-refractivity contribution in [3.8, 4) is 0 Å². The maximum Gasteiger partial charge on any atom is 0.253 e. The van der Waals surface area contributed by atoms with E-state index >= 15 is 0 Å². The van der Waals surface area contributed by atoms with Crippen LogP contribution in [0.3, 0.4) is 0 Å². The summed E-state index contributed by atoms with van der Waals surface area (Å²) < 4.78 is 0. The molecule has 2 aromatic rings. The van der Waals surface area contributed by atoms with Gasteiger partial charge in [-0.15, -0.1) is 0 Å². The van der Waals surface area contributed by atoms with E-state index in [1.54, 1.807) is 19.2 Å². The van der Waals surface area contributed by atoms with Crippen molar-refractivity contribution in [2.24, 2.45) is 11.7 Å². The molecule has 0 radical (unpaired) electrons. The van der Waals surface area contributed by atoms with Crippen LogP contribution < -0.4 is 16.0 Å². The Morgan fingerprint density at radius 1 is 1.35 bits per heavy atom.